The van der Waals surface area contributed by atoms with E-state index in [1.165, 1.54) is 6.07 Å². The van der Waals surface area contributed by atoms with Gasteiger partial charge in [0.1, 0.15) is 25.4 Å². The first-order valence-corrected chi connectivity index (χ1v) is 18.1. The molecule has 1 N–H and O–H groups in total. The van der Waals surface area contributed by atoms with Crippen molar-refractivity contribution >= 4 is 46.3 Å². The highest BCUT2D eigenvalue weighted by atomic mass is 16.7. The number of benzene rings is 3. The van der Waals surface area contributed by atoms with E-state index in [2.05, 4.69) is 5.32 Å². The molecule has 0 unspecified atom stereocenters. The Kier molecular flexibility index (Phi) is 14.6. The standard InChI is InChI=1S/C40H46N4O12/c1-42(2)27-6-9-30-33(24-27)55-34-25-28(43(3)4)7-10-31(34)38(30)29-8-5-26(23-32(29)40(49)50)39(48)41-14-16-52-18-20-54-22-21-53-19-17-51-15-13-37(47)56-44-35(45)11-12-36(44)46/h5-10,23-25H,11-22H2,1-4H3,(H-,41,48,49,50). The topological polar surface area (TPSA) is 189 Å². The van der Waals surface area contributed by atoms with Crippen molar-refractivity contribution in [3.05, 3.63) is 71.1 Å². The third kappa shape index (κ3) is 10.8. The third-order valence-corrected chi connectivity index (χ3v) is 8.79. The first kappa shape index (κ1) is 41.5. The van der Waals surface area contributed by atoms with Gasteiger partial charge in [-0.15, -0.1) is 5.06 Å². The number of fused-ring (bicyclic) bond motifs is 2. The molecule has 16 heteroatoms. The number of anilines is 1. The zero-order valence-corrected chi connectivity index (χ0v) is 31.9. The second-order valence-electron chi connectivity index (χ2n) is 13.2. The van der Waals surface area contributed by atoms with Gasteiger partial charge in [-0.05, 0) is 35.9 Å². The molecule has 2 aliphatic heterocycles. The van der Waals surface area contributed by atoms with Gasteiger partial charge in [-0.3, -0.25) is 14.4 Å². The fraction of sp³-hybridized carbons (Fsp3) is 0.400. The van der Waals surface area contributed by atoms with Crippen LogP contribution in [0.15, 0.2) is 59.0 Å². The molecule has 1 aliphatic carbocycles. The Hall–Kier alpha value is -5.68. The Balaban J connectivity index is 1.04. The van der Waals surface area contributed by atoms with Gasteiger partial charge in [0.2, 0.25) is 5.36 Å². The van der Waals surface area contributed by atoms with E-state index < -0.39 is 29.7 Å². The Morgan fingerprint density at radius 2 is 1.43 bits per heavy atom. The summed E-state index contributed by atoms with van der Waals surface area (Å²) >= 11 is 0. The number of carbonyl (C=O) groups excluding carboxylic acids is 5. The first-order chi connectivity index (χ1) is 26.9. The maximum atomic E-state index is 13.0. The minimum Gasteiger partial charge on any atom is -0.545 e. The molecular formula is C40H46N4O12. The van der Waals surface area contributed by atoms with Gasteiger partial charge in [0, 0.05) is 78.9 Å². The third-order valence-electron chi connectivity index (χ3n) is 8.79. The lowest BCUT2D eigenvalue weighted by molar-refractivity contribution is -0.255. The SMILES string of the molecule is CN(C)c1ccc2c(-c3ccc(C(=O)NCCOCCOCCOCCOCCC(=O)ON4C(=O)CCC4=O)cc3C(=O)[O-])c3ccc(=[N+](C)C)cc-3oc2c1. The van der Waals surface area contributed by atoms with E-state index in [1.54, 1.807) is 12.1 Å². The molecule has 0 saturated carbocycles. The summed E-state index contributed by atoms with van der Waals surface area (Å²) in [6, 6.07) is 16.0. The minimum absolute atomic E-state index is 0.0351. The second-order valence-corrected chi connectivity index (χ2v) is 13.2. The number of carboxylic acids is 1. The van der Waals surface area contributed by atoms with Crippen molar-refractivity contribution in [2.45, 2.75) is 19.3 Å². The number of carboxylic acid groups (broad SMARTS) is 1. The van der Waals surface area contributed by atoms with E-state index in [4.69, 9.17) is 28.2 Å². The highest BCUT2D eigenvalue weighted by Gasteiger charge is 2.32. The average molecular weight is 775 g/mol. The minimum atomic E-state index is -1.42. The van der Waals surface area contributed by atoms with Crippen LogP contribution in [0.1, 0.15) is 40.0 Å². The summed E-state index contributed by atoms with van der Waals surface area (Å²) in [6.07, 6.45) is -0.0420. The molecule has 1 saturated heterocycles. The fourth-order valence-corrected chi connectivity index (χ4v) is 5.85. The van der Waals surface area contributed by atoms with Gasteiger partial charge in [-0.2, -0.15) is 0 Å². The van der Waals surface area contributed by atoms with Crippen molar-refractivity contribution < 1.29 is 57.3 Å². The van der Waals surface area contributed by atoms with E-state index >= 15 is 0 Å². The van der Waals surface area contributed by atoms with Crippen LogP contribution in [0.2, 0.25) is 0 Å². The van der Waals surface area contributed by atoms with Gasteiger partial charge in [0.15, 0.2) is 0 Å². The number of hydrogen-bond donors (Lipinski definition) is 1. The molecule has 0 bridgehead atoms. The number of ether oxygens (including phenoxy) is 4. The van der Waals surface area contributed by atoms with Crippen molar-refractivity contribution in [1.29, 1.82) is 0 Å². The molecule has 3 amide bonds. The summed E-state index contributed by atoms with van der Waals surface area (Å²) in [5.41, 5.74) is 3.31. The molecule has 2 aromatic rings. The molecule has 0 radical (unpaired) electrons. The van der Waals surface area contributed by atoms with Crippen LogP contribution in [-0.2, 0) is 38.2 Å². The Bertz CT molecular complexity index is 2090. The monoisotopic (exact) mass is 774 g/mol. The molecule has 3 aliphatic rings. The lowest BCUT2D eigenvalue weighted by Crippen LogP contribution is -2.32. The quantitative estimate of drug-likeness (QED) is 0.0589. The summed E-state index contributed by atoms with van der Waals surface area (Å²) in [5.74, 6) is -3.09. The normalized spacial score (nSPS) is 12.8. The van der Waals surface area contributed by atoms with Crippen LogP contribution in [0, 0.1) is 0 Å². The molecule has 0 atom stereocenters. The zero-order chi connectivity index (χ0) is 40.2. The van der Waals surface area contributed by atoms with E-state index in [1.807, 2.05) is 74.1 Å². The maximum absolute atomic E-state index is 13.0. The molecule has 298 valence electrons. The number of nitrogens with zero attached hydrogens (tertiary/aromatic N) is 3. The number of rotatable bonds is 20. The first-order valence-electron chi connectivity index (χ1n) is 18.1. The molecule has 16 nitrogen and oxygen atoms in total. The highest BCUT2D eigenvalue weighted by molar-refractivity contribution is 6.09. The summed E-state index contributed by atoms with van der Waals surface area (Å²) in [7, 11) is 7.70. The number of carbonyl (C=O) groups is 5. The lowest BCUT2D eigenvalue weighted by atomic mass is 9.89. The van der Waals surface area contributed by atoms with Gasteiger partial charge in [0.25, 0.3) is 17.7 Å². The predicted octanol–water partition coefficient (Wildman–Crippen LogP) is 1.46. The van der Waals surface area contributed by atoms with E-state index in [0.29, 0.717) is 58.3 Å². The number of aromatic carboxylic acids is 1. The van der Waals surface area contributed by atoms with Crippen molar-refractivity contribution in [2.24, 2.45) is 0 Å². The Labute approximate surface area is 323 Å². The van der Waals surface area contributed by atoms with Gasteiger partial charge in [0.05, 0.1) is 71.3 Å². The second kappa shape index (κ2) is 19.8. The summed E-state index contributed by atoms with van der Waals surface area (Å²) in [6.45, 7) is 2.18. The van der Waals surface area contributed by atoms with Crippen molar-refractivity contribution in [3.63, 3.8) is 0 Å². The summed E-state index contributed by atoms with van der Waals surface area (Å²) in [5, 5.41) is 17.4. The predicted molar refractivity (Wildman–Crippen MR) is 201 cm³/mol. The number of amides is 3. The summed E-state index contributed by atoms with van der Waals surface area (Å²) < 4.78 is 30.0. The molecule has 0 spiro atoms. The smallest absolute Gasteiger partial charge is 0.335 e. The van der Waals surface area contributed by atoms with Crippen LogP contribution in [0.5, 0.6) is 0 Å². The Morgan fingerprint density at radius 3 is 2.05 bits per heavy atom. The van der Waals surface area contributed by atoms with Crippen LogP contribution in [0.25, 0.3) is 33.4 Å². The van der Waals surface area contributed by atoms with Crippen LogP contribution in [0.4, 0.5) is 5.69 Å². The molecule has 5 rings (SSSR count). The number of nitrogens with one attached hydrogen (secondary N) is 1. The number of hydroxylamine groups is 2. The van der Waals surface area contributed by atoms with Crippen LogP contribution in [0.3, 0.4) is 0 Å². The van der Waals surface area contributed by atoms with Crippen LogP contribution < -0.4 is 25.3 Å². The fourth-order valence-electron chi connectivity index (χ4n) is 5.85. The molecule has 0 aromatic heterocycles. The highest BCUT2D eigenvalue weighted by Crippen LogP contribution is 2.42. The zero-order valence-electron chi connectivity index (χ0n) is 31.9. The van der Waals surface area contributed by atoms with Crippen molar-refractivity contribution in [2.75, 3.05) is 92.5 Å². The number of hydrogen-bond acceptors (Lipinski definition) is 13. The average Bonchev–Trinajstić information content (AvgIpc) is 3.49. The molecule has 2 heterocycles. The largest absolute Gasteiger partial charge is 0.545 e. The summed E-state index contributed by atoms with van der Waals surface area (Å²) in [4.78, 5) is 67.0. The molecule has 2 aromatic carbocycles. The van der Waals surface area contributed by atoms with Crippen LogP contribution >= 0.6 is 0 Å². The number of imide groups is 1. The van der Waals surface area contributed by atoms with Crippen molar-refractivity contribution in [3.8, 4) is 22.5 Å². The van der Waals surface area contributed by atoms with E-state index in [9.17, 15) is 29.1 Å². The molecular weight excluding hydrogens is 728 g/mol. The van der Waals surface area contributed by atoms with Gasteiger partial charge in [-0.25, -0.2) is 9.37 Å². The van der Waals surface area contributed by atoms with Crippen molar-refractivity contribution in [1.82, 2.24) is 15.0 Å². The molecule has 1 fully saturated rings. The maximum Gasteiger partial charge on any atom is 0.335 e. The molecule has 56 heavy (non-hydrogen) atoms. The van der Waals surface area contributed by atoms with E-state index in [-0.39, 0.29) is 70.0 Å². The van der Waals surface area contributed by atoms with E-state index in [0.717, 1.165) is 11.0 Å². The van der Waals surface area contributed by atoms with Gasteiger partial charge >= 0.3 is 5.97 Å². The van der Waals surface area contributed by atoms with Crippen LogP contribution in [-0.4, -0.2) is 122 Å². The van der Waals surface area contributed by atoms with Gasteiger partial charge < -0.3 is 48.3 Å². The lowest BCUT2D eigenvalue weighted by Gasteiger charge is -2.20. The van der Waals surface area contributed by atoms with Gasteiger partial charge in [-0.1, -0.05) is 6.07 Å². The Morgan fingerprint density at radius 1 is 0.804 bits per heavy atom.